The van der Waals surface area contributed by atoms with E-state index in [1.165, 1.54) is 25.3 Å². The van der Waals surface area contributed by atoms with Gasteiger partial charge in [-0.15, -0.1) is 0 Å². The van der Waals surface area contributed by atoms with E-state index in [1.807, 2.05) is 4.98 Å². The van der Waals surface area contributed by atoms with E-state index in [0.29, 0.717) is 0 Å². The number of amides is 1. The summed E-state index contributed by atoms with van der Waals surface area (Å²) in [5.41, 5.74) is -1.58. The fourth-order valence-electron chi connectivity index (χ4n) is 5.51. The number of allylic oxidation sites excluding steroid dienone is 1. The number of ether oxygens (including phenoxy) is 2. The predicted molar refractivity (Wildman–Crippen MR) is 156 cm³/mol. The molecule has 1 saturated heterocycles. The smallest absolute Gasteiger partial charge is 0.330 e. The summed E-state index contributed by atoms with van der Waals surface area (Å²) >= 11 is 0. The average molecular weight is 610 g/mol. The Kier molecular flexibility index (Phi) is 13.2. The van der Waals surface area contributed by atoms with Gasteiger partial charge >= 0.3 is 5.69 Å². The molecule has 7 N–H and O–H groups in total. The van der Waals surface area contributed by atoms with Gasteiger partial charge in [-0.05, 0) is 37.2 Å². The van der Waals surface area contributed by atoms with Crippen LogP contribution in [0.15, 0.2) is 46.0 Å². The quantitative estimate of drug-likeness (QED) is 0.109. The van der Waals surface area contributed by atoms with Crippen LogP contribution in [0.4, 0.5) is 0 Å². The Bertz CT molecular complexity index is 1210. The third-order valence-corrected chi connectivity index (χ3v) is 8.25. The van der Waals surface area contributed by atoms with Gasteiger partial charge in [0.05, 0.1) is 11.8 Å². The largest absolute Gasteiger partial charge is 0.493 e. The maximum Gasteiger partial charge on any atom is 0.330 e. The molecule has 242 valence electrons. The lowest BCUT2D eigenvalue weighted by atomic mass is 9.91. The Morgan fingerprint density at radius 2 is 1.84 bits per heavy atom. The number of unbranched alkanes of at least 4 members (excludes halogenated alkanes) is 3. The molecule has 13 heteroatoms. The van der Waals surface area contributed by atoms with Crippen LogP contribution in [0.5, 0.6) is 0 Å². The van der Waals surface area contributed by atoms with Crippen molar-refractivity contribution in [2.45, 2.75) is 121 Å². The van der Waals surface area contributed by atoms with Crippen LogP contribution in [0, 0.1) is 11.8 Å². The van der Waals surface area contributed by atoms with Crippen molar-refractivity contribution in [3.05, 3.63) is 57.2 Å². The summed E-state index contributed by atoms with van der Waals surface area (Å²) in [6.07, 6.45) is 0.930. The highest BCUT2D eigenvalue weighted by Gasteiger charge is 2.48. The predicted octanol–water partition coefficient (Wildman–Crippen LogP) is 0.564. The number of aromatic nitrogens is 2. The first-order chi connectivity index (χ1) is 20.4. The first-order valence-corrected chi connectivity index (χ1v) is 15.1. The second-order valence-corrected chi connectivity index (χ2v) is 11.9. The maximum atomic E-state index is 12.3. The number of nitrogens with zero attached hydrogens (tertiary/aromatic N) is 1. The Hall–Kier alpha value is -2.81. The van der Waals surface area contributed by atoms with Crippen molar-refractivity contribution < 1.29 is 39.8 Å². The molecule has 1 aromatic heterocycles. The van der Waals surface area contributed by atoms with E-state index < -0.39 is 66.1 Å². The Balaban J connectivity index is 1.44. The van der Waals surface area contributed by atoms with Crippen LogP contribution >= 0.6 is 0 Å². The number of hydrogen-bond acceptors (Lipinski definition) is 10. The maximum absolute atomic E-state index is 12.3. The minimum absolute atomic E-state index is 0.0479. The minimum Gasteiger partial charge on any atom is -0.493 e. The summed E-state index contributed by atoms with van der Waals surface area (Å²) in [6.45, 7) is 6.80. The van der Waals surface area contributed by atoms with Crippen molar-refractivity contribution in [2.75, 3.05) is 0 Å². The Morgan fingerprint density at radius 1 is 1.09 bits per heavy atom. The molecule has 2 aliphatic heterocycles. The third kappa shape index (κ3) is 9.59. The van der Waals surface area contributed by atoms with E-state index in [2.05, 4.69) is 26.1 Å². The zero-order chi connectivity index (χ0) is 31.7. The number of aliphatic hydroxyl groups excluding tert-OH is 5. The number of rotatable bonds is 15. The fourth-order valence-corrected chi connectivity index (χ4v) is 5.51. The lowest BCUT2D eigenvalue weighted by Crippen LogP contribution is -2.49. The van der Waals surface area contributed by atoms with E-state index in [-0.39, 0.29) is 12.1 Å². The standard InChI is InChI=1S/C30H47N3O10/c1-4-17(2)14-18(3)10-8-6-5-7-9-11-22(35)31-19-16-42-21(25(38)24(19)37)15-20(34)28-26(39)27(40)29(43-28)33-13-12-23(36)32-30(33)41/h9,11-13,16-18,20-21,24-29,34,37-40H,4-8,10,14-15H2,1-3H3,(H,31,35)(H,32,36,41). The van der Waals surface area contributed by atoms with Crippen LogP contribution in [0.25, 0.3) is 0 Å². The van der Waals surface area contributed by atoms with Crippen LogP contribution in [0.1, 0.15) is 78.4 Å². The number of aromatic amines is 1. The Morgan fingerprint density at radius 3 is 2.53 bits per heavy atom. The van der Waals surface area contributed by atoms with Gasteiger partial charge in [0.15, 0.2) is 6.23 Å². The molecule has 0 bridgehead atoms. The highest BCUT2D eigenvalue weighted by atomic mass is 16.6. The molecule has 13 nitrogen and oxygen atoms in total. The van der Waals surface area contributed by atoms with E-state index >= 15 is 0 Å². The number of nitrogens with one attached hydrogen (secondary N) is 2. The zero-order valence-corrected chi connectivity index (χ0v) is 25.0. The molecular weight excluding hydrogens is 562 g/mol. The molecule has 3 rings (SSSR count). The molecule has 10 unspecified atom stereocenters. The second-order valence-electron chi connectivity index (χ2n) is 11.9. The van der Waals surface area contributed by atoms with Crippen LogP contribution in [0.3, 0.4) is 0 Å². The first-order valence-electron chi connectivity index (χ1n) is 15.1. The van der Waals surface area contributed by atoms with Gasteiger partial charge in [-0.25, -0.2) is 4.79 Å². The van der Waals surface area contributed by atoms with Crippen LogP contribution < -0.4 is 16.6 Å². The number of hydrogen-bond donors (Lipinski definition) is 7. The monoisotopic (exact) mass is 609 g/mol. The first kappa shape index (κ1) is 34.7. The lowest BCUT2D eigenvalue weighted by molar-refractivity contribution is -0.125. The molecule has 2 aliphatic rings. The van der Waals surface area contributed by atoms with Gasteiger partial charge in [-0.3, -0.25) is 19.1 Å². The molecule has 10 atom stereocenters. The molecule has 0 saturated carbocycles. The highest BCUT2D eigenvalue weighted by Crippen LogP contribution is 2.32. The van der Waals surface area contributed by atoms with Gasteiger partial charge in [-0.2, -0.15) is 0 Å². The van der Waals surface area contributed by atoms with Crippen molar-refractivity contribution in [2.24, 2.45) is 11.8 Å². The highest BCUT2D eigenvalue weighted by molar-refractivity contribution is 5.88. The fraction of sp³-hybridized carbons (Fsp3) is 0.700. The van der Waals surface area contributed by atoms with Crippen molar-refractivity contribution in [3.8, 4) is 0 Å². The SMILES string of the molecule is CCC(C)CC(C)CCCCCC=CC(=O)NC1=COC(CC(O)C2OC(n3ccc(=O)[nH]c3=O)C(O)C2O)C(O)C1O. The summed E-state index contributed by atoms with van der Waals surface area (Å²) in [4.78, 5) is 37.7. The number of H-pyrrole nitrogens is 1. The van der Waals surface area contributed by atoms with Crippen molar-refractivity contribution in [1.29, 1.82) is 0 Å². The lowest BCUT2D eigenvalue weighted by Gasteiger charge is -2.34. The van der Waals surface area contributed by atoms with Gasteiger partial charge < -0.3 is 40.3 Å². The topological polar surface area (TPSA) is 204 Å². The number of carbonyl (C=O) groups excluding carboxylic acids is 1. The van der Waals surface area contributed by atoms with Gasteiger partial charge in [0.25, 0.3) is 5.56 Å². The third-order valence-electron chi connectivity index (χ3n) is 8.25. The van der Waals surface area contributed by atoms with E-state index in [4.69, 9.17) is 9.47 Å². The average Bonchev–Trinajstić information content (AvgIpc) is 3.25. The van der Waals surface area contributed by atoms with Crippen LogP contribution in [-0.2, 0) is 14.3 Å². The van der Waals surface area contributed by atoms with Crippen LogP contribution in [0.2, 0.25) is 0 Å². The number of aliphatic hydroxyl groups is 5. The van der Waals surface area contributed by atoms with E-state index in [1.54, 1.807) is 6.08 Å². The molecule has 1 fully saturated rings. The summed E-state index contributed by atoms with van der Waals surface area (Å²) in [6, 6.07) is 1.04. The van der Waals surface area contributed by atoms with Gasteiger partial charge in [0, 0.05) is 18.7 Å². The zero-order valence-electron chi connectivity index (χ0n) is 25.0. The van der Waals surface area contributed by atoms with E-state index in [9.17, 15) is 39.9 Å². The van der Waals surface area contributed by atoms with Crippen molar-refractivity contribution in [1.82, 2.24) is 14.9 Å². The minimum atomic E-state index is -1.61. The molecule has 0 aliphatic carbocycles. The molecular formula is C30H47N3O10. The summed E-state index contributed by atoms with van der Waals surface area (Å²) in [5.74, 6) is 0.990. The van der Waals surface area contributed by atoms with Gasteiger partial charge in [0.1, 0.15) is 42.9 Å². The van der Waals surface area contributed by atoms with Gasteiger partial charge in [0.2, 0.25) is 5.91 Å². The summed E-state index contributed by atoms with van der Waals surface area (Å²) in [7, 11) is 0. The Labute approximate surface area is 250 Å². The van der Waals surface area contributed by atoms with E-state index in [0.717, 1.165) is 60.6 Å². The summed E-state index contributed by atoms with van der Waals surface area (Å²) < 4.78 is 11.9. The molecule has 0 radical (unpaired) electrons. The molecule has 1 amide bonds. The van der Waals surface area contributed by atoms with Crippen molar-refractivity contribution in [3.63, 3.8) is 0 Å². The second kappa shape index (κ2) is 16.3. The van der Waals surface area contributed by atoms with Crippen molar-refractivity contribution >= 4 is 5.91 Å². The summed E-state index contributed by atoms with van der Waals surface area (Å²) in [5, 5.41) is 55.2. The number of carbonyl (C=O) groups is 1. The molecule has 1 aromatic rings. The molecule has 43 heavy (non-hydrogen) atoms. The molecule has 0 spiro atoms. The molecule has 3 heterocycles. The van der Waals surface area contributed by atoms with Gasteiger partial charge in [-0.1, -0.05) is 52.5 Å². The van der Waals surface area contributed by atoms with Crippen LogP contribution in [-0.4, -0.2) is 83.7 Å². The normalized spacial score (nSPS) is 29.6. The molecule has 0 aromatic carbocycles.